The molecule has 0 bridgehead atoms. The van der Waals surface area contributed by atoms with E-state index in [-0.39, 0.29) is 31.1 Å². The summed E-state index contributed by atoms with van der Waals surface area (Å²) in [7, 11) is 0. The Labute approximate surface area is 437 Å². The highest BCUT2D eigenvalue weighted by Crippen LogP contribution is 2.18. The van der Waals surface area contributed by atoms with E-state index in [0.29, 0.717) is 19.3 Å². The molecule has 0 N–H and O–H groups in total. The highest BCUT2D eigenvalue weighted by Gasteiger charge is 2.19. The topological polar surface area (TPSA) is 78.9 Å². The molecular formula is C64H122O6. The fourth-order valence-corrected chi connectivity index (χ4v) is 9.74. The van der Waals surface area contributed by atoms with Crippen molar-refractivity contribution in [1.82, 2.24) is 0 Å². The third kappa shape index (κ3) is 57.1. The van der Waals surface area contributed by atoms with Crippen molar-refractivity contribution in [3.05, 3.63) is 12.2 Å². The molecule has 6 nitrogen and oxygen atoms in total. The first-order chi connectivity index (χ1) is 34.5. The average molecular weight is 988 g/mol. The Morgan fingerprint density at radius 1 is 0.271 bits per heavy atom. The highest BCUT2D eigenvalue weighted by atomic mass is 16.6. The number of unbranched alkanes of at least 4 members (excludes halogenated alkanes) is 46. The van der Waals surface area contributed by atoms with Crippen molar-refractivity contribution in [3.8, 4) is 0 Å². The largest absolute Gasteiger partial charge is 0.462 e. The fourth-order valence-electron chi connectivity index (χ4n) is 9.74. The smallest absolute Gasteiger partial charge is 0.306 e. The molecule has 1 atom stereocenters. The zero-order valence-electron chi connectivity index (χ0n) is 47.6. The van der Waals surface area contributed by atoms with Crippen LogP contribution in [-0.2, 0) is 28.6 Å². The number of rotatable bonds is 59. The van der Waals surface area contributed by atoms with Crippen LogP contribution in [0.4, 0.5) is 0 Å². The van der Waals surface area contributed by atoms with Crippen LogP contribution in [0.5, 0.6) is 0 Å². The Morgan fingerprint density at radius 2 is 0.471 bits per heavy atom. The monoisotopic (exact) mass is 987 g/mol. The minimum absolute atomic E-state index is 0.0671. The van der Waals surface area contributed by atoms with E-state index in [9.17, 15) is 14.4 Å². The predicted octanol–water partition coefficient (Wildman–Crippen LogP) is 21.3. The molecule has 0 saturated heterocycles. The summed E-state index contributed by atoms with van der Waals surface area (Å²) in [6.45, 7) is 6.70. The molecule has 0 rings (SSSR count). The Morgan fingerprint density at radius 3 is 0.714 bits per heavy atom. The molecule has 414 valence electrons. The normalized spacial score (nSPS) is 12.0. The van der Waals surface area contributed by atoms with E-state index in [1.807, 2.05) is 0 Å². The van der Waals surface area contributed by atoms with Crippen LogP contribution in [0.2, 0.25) is 0 Å². The zero-order valence-corrected chi connectivity index (χ0v) is 47.6. The molecule has 70 heavy (non-hydrogen) atoms. The van der Waals surface area contributed by atoms with E-state index in [2.05, 4.69) is 32.9 Å². The van der Waals surface area contributed by atoms with Crippen molar-refractivity contribution in [3.63, 3.8) is 0 Å². The quantitative estimate of drug-likeness (QED) is 0.0261. The van der Waals surface area contributed by atoms with Crippen LogP contribution >= 0.6 is 0 Å². The summed E-state index contributed by atoms with van der Waals surface area (Å²) in [5.41, 5.74) is 0. The van der Waals surface area contributed by atoms with Crippen molar-refractivity contribution < 1.29 is 28.6 Å². The molecule has 0 aliphatic rings. The first-order valence-corrected chi connectivity index (χ1v) is 31.7. The molecule has 0 aromatic carbocycles. The van der Waals surface area contributed by atoms with E-state index < -0.39 is 6.10 Å². The Bertz CT molecular complexity index is 1090. The summed E-state index contributed by atoms with van der Waals surface area (Å²) in [4.78, 5) is 38.2. The molecule has 0 radical (unpaired) electrons. The first-order valence-electron chi connectivity index (χ1n) is 31.7. The Kier molecular flexibility index (Phi) is 58.1. The van der Waals surface area contributed by atoms with Gasteiger partial charge in [0.25, 0.3) is 0 Å². The molecule has 0 aromatic rings. The van der Waals surface area contributed by atoms with Gasteiger partial charge in [0, 0.05) is 19.3 Å². The molecule has 0 fully saturated rings. The van der Waals surface area contributed by atoms with Crippen LogP contribution in [0, 0.1) is 0 Å². The van der Waals surface area contributed by atoms with Crippen LogP contribution in [0.25, 0.3) is 0 Å². The van der Waals surface area contributed by atoms with Gasteiger partial charge in [0.1, 0.15) is 13.2 Å². The lowest BCUT2D eigenvalue weighted by molar-refractivity contribution is -0.167. The van der Waals surface area contributed by atoms with Gasteiger partial charge in [0.05, 0.1) is 0 Å². The SMILES string of the molecule is CCCCCCCCC/C=C\CCCCCCCC(=O)OC(COC(=O)CCCCCCCCCCCCCC)COC(=O)CCCCCCCCCCCCCCCCCCCCCCCCCC. The fraction of sp³-hybridized carbons (Fsp3) is 0.922. The van der Waals surface area contributed by atoms with Gasteiger partial charge in [-0.3, -0.25) is 14.4 Å². The van der Waals surface area contributed by atoms with Crippen LogP contribution in [-0.4, -0.2) is 37.2 Å². The maximum absolute atomic E-state index is 12.9. The molecule has 0 aromatic heterocycles. The number of esters is 3. The standard InChI is InChI=1S/C64H122O6/c1-4-7-10-13-16-19-22-25-27-29-30-31-32-33-34-35-36-38-39-42-45-48-51-54-57-63(66)69-60-61(59-68-62(65)56-53-50-47-44-41-24-21-18-15-12-9-6-3)70-64(67)58-55-52-49-46-43-40-37-28-26-23-20-17-14-11-8-5-2/h28,37,61H,4-27,29-36,38-60H2,1-3H3/b37-28-. The maximum Gasteiger partial charge on any atom is 0.306 e. The van der Waals surface area contributed by atoms with Gasteiger partial charge in [0.2, 0.25) is 0 Å². The summed E-state index contributed by atoms with van der Waals surface area (Å²) in [5.74, 6) is -0.848. The molecule has 0 heterocycles. The van der Waals surface area contributed by atoms with Crippen molar-refractivity contribution in [1.29, 1.82) is 0 Å². The molecule has 6 heteroatoms. The van der Waals surface area contributed by atoms with Crippen LogP contribution in [0.3, 0.4) is 0 Å². The number of carbonyl (C=O) groups is 3. The number of carbonyl (C=O) groups excluding carboxylic acids is 3. The van der Waals surface area contributed by atoms with E-state index >= 15 is 0 Å². The Balaban J connectivity index is 4.21. The second-order valence-corrected chi connectivity index (χ2v) is 21.7. The minimum Gasteiger partial charge on any atom is -0.462 e. The maximum atomic E-state index is 12.9. The first kappa shape index (κ1) is 68.2. The van der Waals surface area contributed by atoms with Crippen LogP contribution in [0.1, 0.15) is 361 Å². The van der Waals surface area contributed by atoms with E-state index in [0.717, 1.165) is 64.2 Å². The van der Waals surface area contributed by atoms with E-state index in [4.69, 9.17) is 14.2 Å². The van der Waals surface area contributed by atoms with Gasteiger partial charge in [0.15, 0.2) is 6.10 Å². The molecular weight excluding hydrogens is 865 g/mol. The van der Waals surface area contributed by atoms with Crippen molar-refractivity contribution >= 4 is 17.9 Å². The molecule has 0 saturated carbocycles. The van der Waals surface area contributed by atoms with Gasteiger partial charge in [-0.15, -0.1) is 0 Å². The lowest BCUT2D eigenvalue weighted by Gasteiger charge is -2.18. The highest BCUT2D eigenvalue weighted by molar-refractivity contribution is 5.71. The Hall–Kier alpha value is -1.85. The van der Waals surface area contributed by atoms with Gasteiger partial charge >= 0.3 is 17.9 Å². The van der Waals surface area contributed by atoms with Gasteiger partial charge in [-0.05, 0) is 44.9 Å². The predicted molar refractivity (Wildman–Crippen MR) is 303 cm³/mol. The lowest BCUT2D eigenvalue weighted by Crippen LogP contribution is -2.30. The van der Waals surface area contributed by atoms with Crippen molar-refractivity contribution in [2.45, 2.75) is 367 Å². The molecule has 0 amide bonds. The summed E-state index contributed by atoms with van der Waals surface area (Å²) >= 11 is 0. The van der Waals surface area contributed by atoms with E-state index in [1.54, 1.807) is 0 Å². The minimum atomic E-state index is -0.769. The number of ether oxygens (including phenoxy) is 3. The van der Waals surface area contributed by atoms with Gasteiger partial charge in [-0.25, -0.2) is 0 Å². The average Bonchev–Trinajstić information content (AvgIpc) is 3.36. The summed E-state index contributed by atoms with van der Waals surface area (Å²) in [5, 5.41) is 0. The summed E-state index contributed by atoms with van der Waals surface area (Å²) in [6.07, 6.45) is 69.4. The molecule has 0 aliphatic heterocycles. The lowest BCUT2D eigenvalue weighted by atomic mass is 10.0. The van der Waals surface area contributed by atoms with Gasteiger partial charge < -0.3 is 14.2 Å². The third-order valence-corrected chi connectivity index (χ3v) is 14.5. The second-order valence-electron chi connectivity index (χ2n) is 21.7. The third-order valence-electron chi connectivity index (χ3n) is 14.5. The number of hydrogen-bond acceptors (Lipinski definition) is 6. The summed E-state index contributed by atoms with van der Waals surface area (Å²) < 4.78 is 16.9. The van der Waals surface area contributed by atoms with Crippen LogP contribution in [0.15, 0.2) is 12.2 Å². The van der Waals surface area contributed by atoms with Crippen molar-refractivity contribution in [2.24, 2.45) is 0 Å². The van der Waals surface area contributed by atoms with Crippen molar-refractivity contribution in [2.75, 3.05) is 13.2 Å². The molecule has 0 aliphatic carbocycles. The van der Waals surface area contributed by atoms with Gasteiger partial charge in [-0.2, -0.15) is 0 Å². The molecule has 1 unspecified atom stereocenters. The second kappa shape index (κ2) is 59.7. The number of hydrogen-bond donors (Lipinski definition) is 0. The van der Waals surface area contributed by atoms with Crippen LogP contribution < -0.4 is 0 Å². The molecule has 0 spiro atoms. The summed E-state index contributed by atoms with van der Waals surface area (Å²) in [6, 6.07) is 0. The van der Waals surface area contributed by atoms with E-state index in [1.165, 1.54) is 257 Å². The van der Waals surface area contributed by atoms with Gasteiger partial charge in [-0.1, -0.05) is 309 Å². The zero-order chi connectivity index (χ0) is 50.7. The number of allylic oxidation sites excluding steroid dienone is 2.